The van der Waals surface area contributed by atoms with Gasteiger partial charge in [0.2, 0.25) is 0 Å². The van der Waals surface area contributed by atoms with Gasteiger partial charge in [-0.05, 0) is 32.2 Å². The van der Waals surface area contributed by atoms with Gasteiger partial charge in [0.1, 0.15) is 17.5 Å². The van der Waals surface area contributed by atoms with E-state index in [2.05, 4.69) is 20.0 Å². The third kappa shape index (κ3) is 1.82. The Balaban J connectivity index is 1.93. The van der Waals surface area contributed by atoms with Crippen LogP contribution in [0.4, 0.5) is 5.82 Å². The molecule has 0 saturated carbocycles. The third-order valence-electron chi connectivity index (χ3n) is 3.67. The Bertz CT molecular complexity index is 544. The summed E-state index contributed by atoms with van der Waals surface area (Å²) in [6.07, 6.45) is 3.77. The smallest absolute Gasteiger partial charge is 0.263 e. The largest absolute Gasteiger partial charge is 0.356 e. The van der Waals surface area contributed by atoms with Gasteiger partial charge in [0.05, 0.1) is 5.69 Å². The zero-order valence-electron chi connectivity index (χ0n) is 10.5. The highest BCUT2D eigenvalue weighted by molar-refractivity contribution is 5.87. The van der Waals surface area contributed by atoms with Gasteiger partial charge in [0.15, 0.2) is 0 Å². The number of aromatic nitrogens is 3. The molecule has 6 heteroatoms. The van der Waals surface area contributed by atoms with Crippen molar-refractivity contribution >= 4 is 16.9 Å². The summed E-state index contributed by atoms with van der Waals surface area (Å²) in [6, 6.07) is 0. The molecule has 2 aromatic heterocycles. The summed E-state index contributed by atoms with van der Waals surface area (Å²) in [6.45, 7) is 4.67. The highest BCUT2D eigenvalue weighted by Gasteiger charge is 2.22. The fourth-order valence-electron chi connectivity index (χ4n) is 2.52. The first-order valence-electron chi connectivity index (χ1n) is 6.31. The number of hydrogen-bond donors (Lipinski definition) is 1. The Morgan fingerprint density at radius 1 is 1.39 bits per heavy atom. The van der Waals surface area contributed by atoms with E-state index in [-0.39, 0.29) is 0 Å². The fourth-order valence-corrected chi connectivity index (χ4v) is 2.52. The summed E-state index contributed by atoms with van der Waals surface area (Å²) in [5.74, 6) is 1.58. The first-order chi connectivity index (χ1) is 8.79. The second kappa shape index (κ2) is 4.53. The van der Waals surface area contributed by atoms with Crippen molar-refractivity contribution in [2.24, 2.45) is 11.7 Å². The van der Waals surface area contributed by atoms with Gasteiger partial charge in [0, 0.05) is 13.1 Å². The lowest BCUT2D eigenvalue weighted by Gasteiger charge is -2.32. The van der Waals surface area contributed by atoms with Crippen LogP contribution in [0.1, 0.15) is 18.5 Å². The Morgan fingerprint density at radius 2 is 2.17 bits per heavy atom. The summed E-state index contributed by atoms with van der Waals surface area (Å²) < 4.78 is 5.17. The van der Waals surface area contributed by atoms with Gasteiger partial charge in [0.25, 0.3) is 5.71 Å². The third-order valence-corrected chi connectivity index (χ3v) is 3.67. The molecule has 0 aromatic carbocycles. The molecule has 2 N–H and O–H groups in total. The minimum Gasteiger partial charge on any atom is -0.356 e. The molecule has 1 saturated heterocycles. The number of piperidine rings is 1. The van der Waals surface area contributed by atoms with Crippen molar-refractivity contribution in [1.29, 1.82) is 0 Å². The van der Waals surface area contributed by atoms with Crippen molar-refractivity contribution in [3.05, 3.63) is 12.0 Å². The van der Waals surface area contributed by atoms with Crippen molar-refractivity contribution in [1.82, 2.24) is 15.1 Å². The normalized spacial score (nSPS) is 17.6. The Labute approximate surface area is 105 Å². The van der Waals surface area contributed by atoms with Crippen LogP contribution < -0.4 is 10.6 Å². The molecule has 0 spiro atoms. The van der Waals surface area contributed by atoms with Crippen molar-refractivity contribution in [2.75, 3.05) is 24.5 Å². The minimum absolute atomic E-state index is 0.568. The average Bonchev–Trinajstić information content (AvgIpc) is 2.81. The maximum absolute atomic E-state index is 5.72. The predicted octanol–water partition coefficient (Wildman–Crippen LogP) is 1.10. The van der Waals surface area contributed by atoms with E-state index in [9.17, 15) is 0 Å². The van der Waals surface area contributed by atoms with Crippen LogP contribution in [0.2, 0.25) is 0 Å². The number of nitrogens with zero attached hydrogens (tertiary/aromatic N) is 4. The van der Waals surface area contributed by atoms with Crippen molar-refractivity contribution < 1.29 is 4.52 Å². The van der Waals surface area contributed by atoms with Gasteiger partial charge in [-0.15, -0.1) is 0 Å². The van der Waals surface area contributed by atoms with E-state index in [1.807, 2.05) is 6.92 Å². The monoisotopic (exact) mass is 247 g/mol. The number of aryl methyl sites for hydroxylation is 1. The molecule has 1 aliphatic rings. The van der Waals surface area contributed by atoms with E-state index in [0.29, 0.717) is 11.6 Å². The lowest BCUT2D eigenvalue weighted by atomic mass is 9.97. The number of rotatable bonds is 2. The molecule has 1 aliphatic heterocycles. The molecule has 1 fully saturated rings. The topological polar surface area (TPSA) is 81.1 Å². The lowest BCUT2D eigenvalue weighted by Crippen LogP contribution is -2.36. The summed E-state index contributed by atoms with van der Waals surface area (Å²) in [5.41, 5.74) is 7.13. The molecule has 96 valence electrons. The second-order valence-electron chi connectivity index (χ2n) is 4.81. The van der Waals surface area contributed by atoms with Crippen molar-refractivity contribution in [2.45, 2.75) is 19.8 Å². The second-order valence-corrected chi connectivity index (χ2v) is 4.81. The molecule has 0 amide bonds. The summed E-state index contributed by atoms with van der Waals surface area (Å²) in [7, 11) is 0. The van der Waals surface area contributed by atoms with Crippen molar-refractivity contribution in [3.8, 4) is 0 Å². The molecular formula is C12H17N5O. The van der Waals surface area contributed by atoms with E-state index in [4.69, 9.17) is 10.3 Å². The number of anilines is 1. The minimum atomic E-state index is 0.568. The molecule has 0 unspecified atom stereocenters. The maximum Gasteiger partial charge on any atom is 0.263 e. The van der Waals surface area contributed by atoms with E-state index < -0.39 is 0 Å². The quantitative estimate of drug-likeness (QED) is 0.856. The van der Waals surface area contributed by atoms with Crippen LogP contribution in [0.5, 0.6) is 0 Å². The van der Waals surface area contributed by atoms with Crippen LogP contribution >= 0.6 is 0 Å². The molecule has 6 nitrogen and oxygen atoms in total. The average molecular weight is 247 g/mol. The van der Waals surface area contributed by atoms with Gasteiger partial charge in [-0.25, -0.2) is 4.98 Å². The molecule has 0 bridgehead atoms. The van der Waals surface area contributed by atoms with E-state index >= 15 is 0 Å². The number of nitrogens with two attached hydrogens (primary N) is 1. The highest BCUT2D eigenvalue weighted by Crippen LogP contribution is 2.28. The van der Waals surface area contributed by atoms with E-state index in [1.165, 1.54) is 6.33 Å². The summed E-state index contributed by atoms with van der Waals surface area (Å²) in [4.78, 5) is 10.8. The summed E-state index contributed by atoms with van der Waals surface area (Å²) in [5, 5.41) is 4.89. The fraction of sp³-hybridized carbons (Fsp3) is 0.583. The highest BCUT2D eigenvalue weighted by atomic mass is 16.5. The van der Waals surface area contributed by atoms with Gasteiger partial charge >= 0.3 is 0 Å². The van der Waals surface area contributed by atoms with Gasteiger partial charge in [-0.1, -0.05) is 5.16 Å². The molecular weight excluding hydrogens is 230 g/mol. The first kappa shape index (κ1) is 11.4. The van der Waals surface area contributed by atoms with Gasteiger partial charge in [-0.2, -0.15) is 4.98 Å². The molecule has 18 heavy (non-hydrogen) atoms. The molecule has 0 aliphatic carbocycles. The Hall–Kier alpha value is -1.69. The van der Waals surface area contributed by atoms with Crippen LogP contribution in [0.3, 0.4) is 0 Å². The molecule has 3 heterocycles. The number of fused-ring (bicyclic) bond motifs is 1. The van der Waals surface area contributed by atoms with Crippen LogP contribution in [0.15, 0.2) is 10.9 Å². The maximum atomic E-state index is 5.72. The Kier molecular flexibility index (Phi) is 2.87. The van der Waals surface area contributed by atoms with Crippen molar-refractivity contribution in [3.63, 3.8) is 0 Å². The zero-order chi connectivity index (χ0) is 12.5. The molecule has 3 rings (SSSR count). The molecule has 0 radical (unpaired) electrons. The van der Waals surface area contributed by atoms with Crippen LogP contribution in [0.25, 0.3) is 11.1 Å². The summed E-state index contributed by atoms with van der Waals surface area (Å²) >= 11 is 0. The first-order valence-corrected chi connectivity index (χ1v) is 6.31. The van der Waals surface area contributed by atoms with Crippen LogP contribution in [-0.4, -0.2) is 34.8 Å². The Morgan fingerprint density at radius 3 is 2.89 bits per heavy atom. The standard InChI is InChI=1S/C12H17N5O/c1-8-10-11(14-7-15-12(10)18-16-8)17-4-2-9(6-13)3-5-17/h7,9H,2-6,13H2,1H3. The lowest BCUT2D eigenvalue weighted by molar-refractivity contribution is 0.413. The number of hydrogen-bond acceptors (Lipinski definition) is 6. The van der Waals surface area contributed by atoms with Crippen LogP contribution in [-0.2, 0) is 0 Å². The molecule has 0 atom stereocenters. The zero-order valence-corrected chi connectivity index (χ0v) is 10.5. The molecule has 2 aromatic rings. The predicted molar refractivity (Wildman–Crippen MR) is 68.3 cm³/mol. The van der Waals surface area contributed by atoms with Gasteiger partial charge in [-0.3, -0.25) is 0 Å². The van der Waals surface area contributed by atoms with Gasteiger partial charge < -0.3 is 15.2 Å². The SMILES string of the molecule is Cc1noc2ncnc(N3CCC(CN)CC3)c12. The van der Waals surface area contributed by atoms with Crippen LogP contribution in [0, 0.1) is 12.8 Å². The van der Waals surface area contributed by atoms with E-state index in [1.54, 1.807) is 0 Å². The van der Waals surface area contributed by atoms with E-state index in [0.717, 1.165) is 49.4 Å².